The minimum atomic E-state index is -5.24. The standard InChI is InChI=1S/C15H10O11S2/c16-8-5-9(6-2-1-3-7(4-6)27(20,21)22)26-14-10(8)11(17)12(18)13(19)15(14)28(23,24)25/h1-5,17-19H,(H,20,21,22)(H,23,24,25). The summed E-state index contributed by atoms with van der Waals surface area (Å²) in [6, 6.07) is 5.14. The molecule has 0 unspecified atom stereocenters. The van der Waals surface area contributed by atoms with E-state index in [4.69, 9.17) is 8.97 Å². The normalized spacial score (nSPS) is 12.4. The summed E-state index contributed by atoms with van der Waals surface area (Å²) in [4.78, 5) is 10.4. The lowest BCUT2D eigenvalue weighted by Crippen LogP contribution is -2.07. The number of rotatable bonds is 3. The van der Waals surface area contributed by atoms with Crippen LogP contribution in [-0.2, 0) is 20.2 Å². The Hall–Kier alpha value is -3.13. The van der Waals surface area contributed by atoms with E-state index in [1.54, 1.807) is 0 Å². The van der Waals surface area contributed by atoms with Gasteiger partial charge in [0.1, 0.15) is 11.1 Å². The first-order chi connectivity index (χ1) is 12.8. The largest absolute Gasteiger partial charge is 0.504 e. The van der Waals surface area contributed by atoms with Gasteiger partial charge in [-0.15, -0.1) is 0 Å². The van der Waals surface area contributed by atoms with Crippen LogP contribution in [0.25, 0.3) is 22.3 Å². The molecule has 28 heavy (non-hydrogen) atoms. The molecule has 13 heteroatoms. The summed E-state index contributed by atoms with van der Waals surface area (Å²) in [6.07, 6.45) is 0. The molecular formula is C15H10O11S2. The van der Waals surface area contributed by atoms with Gasteiger partial charge < -0.3 is 19.7 Å². The number of benzene rings is 2. The highest BCUT2D eigenvalue weighted by atomic mass is 32.2. The lowest BCUT2D eigenvalue weighted by Gasteiger charge is -2.11. The van der Waals surface area contributed by atoms with Gasteiger partial charge in [-0.3, -0.25) is 13.9 Å². The van der Waals surface area contributed by atoms with Gasteiger partial charge in [-0.2, -0.15) is 16.8 Å². The fraction of sp³-hybridized carbons (Fsp3) is 0. The zero-order valence-electron chi connectivity index (χ0n) is 13.4. The second kappa shape index (κ2) is 6.20. The summed E-state index contributed by atoms with van der Waals surface area (Å²) in [5.74, 6) is -4.43. The van der Waals surface area contributed by atoms with Crippen molar-refractivity contribution in [1.29, 1.82) is 0 Å². The summed E-state index contributed by atoms with van der Waals surface area (Å²) in [5, 5.41) is 28.4. The molecule has 11 nitrogen and oxygen atoms in total. The molecule has 0 aliphatic heterocycles. The molecule has 2 aromatic carbocycles. The van der Waals surface area contributed by atoms with E-state index >= 15 is 0 Å². The molecule has 0 aliphatic rings. The van der Waals surface area contributed by atoms with Gasteiger partial charge >= 0.3 is 10.1 Å². The van der Waals surface area contributed by atoms with Gasteiger partial charge in [-0.1, -0.05) is 12.1 Å². The summed E-state index contributed by atoms with van der Waals surface area (Å²) in [5.41, 5.74) is -2.15. The number of phenols is 3. The number of phenolic OH excluding ortho intramolecular Hbond substituents is 3. The van der Waals surface area contributed by atoms with Crippen molar-refractivity contribution in [3.8, 4) is 28.6 Å². The van der Waals surface area contributed by atoms with Gasteiger partial charge in [-0.05, 0) is 12.1 Å². The molecule has 0 amide bonds. The third-order valence-corrected chi connectivity index (χ3v) is 5.47. The zero-order chi connectivity index (χ0) is 21.0. The first kappa shape index (κ1) is 19.6. The van der Waals surface area contributed by atoms with Crippen molar-refractivity contribution < 1.29 is 45.7 Å². The average molecular weight is 430 g/mol. The Kier molecular flexibility index (Phi) is 4.35. The van der Waals surface area contributed by atoms with Crippen molar-refractivity contribution in [1.82, 2.24) is 0 Å². The Morgan fingerprint density at radius 1 is 0.821 bits per heavy atom. The second-order valence-electron chi connectivity index (χ2n) is 5.53. The topological polar surface area (TPSA) is 200 Å². The van der Waals surface area contributed by atoms with E-state index in [9.17, 15) is 41.5 Å². The van der Waals surface area contributed by atoms with Crippen molar-refractivity contribution in [2.24, 2.45) is 0 Å². The summed E-state index contributed by atoms with van der Waals surface area (Å²) in [7, 11) is -9.84. The van der Waals surface area contributed by atoms with Gasteiger partial charge in [0.25, 0.3) is 10.1 Å². The maximum absolute atomic E-state index is 12.4. The Morgan fingerprint density at radius 3 is 2.04 bits per heavy atom. The molecule has 0 spiro atoms. The van der Waals surface area contributed by atoms with E-state index in [1.165, 1.54) is 12.1 Å². The van der Waals surface area contributed by atoms with Crippen molar-refractivity contribution >= 4 is 31.2 Å². The molecule has 0 radical (unpaired) electrons. The lowest BCUT2D eigenvalue weighted by atomic mass is 10.1. The highest BCUT2D eigenvalue weighted by molar-refractivity contribution is 7.86. The first-order valence-corrected chi connectivity index (χ1v) is 10.0. The molecule has 0 fully saturated rings. The highest BCUT2D eigenvalue weighted by Gasteiger charge is 2.30. The molecule has 148 valence electrons. The van der Waals surface area contributed by atoms with E-state index in [2.05, 4.69) is 0 Å². The molecule has 0 bridgehead atoms. The molecule has 0 saturated heterocycles. The van der Waals surface area contributed by atoms with Crippen LogP contribution in [0.15, 0.2) is 49.3 Å². The summed E-state index contributed by atoms with van der Waals surface area (Å²) in [6.45, 7) is 0. The minimum absolute atomic E-state index is 0.0949. The predicted molar refractivity (Wildman–Crippen MR) is 92.5 cm³/mol. The Balaban J connectivity index is 2.48. The third-order valence-electron chi connectivity index (χ3n) is 3.73. The monoisotopic (exact) mass is 430 g/mol. The Labute approximate surface area is 156 Å². The second-order valence-corrected chi connectivity index (χ2v) is 8.31. The first-order valence-electron chi connectivity index (χ1n) is 7.12. The van der Waals surface area contributed by atoms with Gasteiger partial charge in [0, 0.05) is 11.6 Å². The van der Waals surface area contributed by atoms with E-state index in [1.807, 2.05) is 0 Å². The van der Waals surface area contributed by atoms with Crippen molar-refractivity contribution in [3.63, 3.8) is 0 Å². The number of hydrogen-bond acceptors (Lipinski definition) is 9. The van der Waals surface area contributed by atoms with Crippen LogP contribution in [-0.4, -0.2) is 41.3 Å². The highest BCUT2D eigenvalue weighted by Crippen LogP contribution is 2.46. The zero-order valence-corrected chi connectivity index (χ0v) is 15.0. The lowest BCUT2D eigenvalue weighted by molar-refractivity contribution is 0.360. The minimum Gasteiger partial charge on any atom is -0.504 e. The average Bonchev–Trinajstić information content (AvgIpc) is 2.57. The van der Waals surface area contributed by atoms with Gasteiger partial charge in [0.05, 0.1) is 4.90 Å². The van der Waals surface area contributed by atoms with Gasteiger partial charge in [0.15, 0.2) is 27.4 Å². The molecular weight excluding hydrogens is 420 g/mol. The molecule has 0 aliphatic carbocycles. The van der Waals surface area contributed by atoms with Crippen LogP contribution in [0.5, 0.6) is 17.2 Å². The smallest absolute Gasteiger partial charge is 0.302 e. The fourth-order valence-electron chi connectivity index (χ4n) is 2.51. The molecule has 3 rings (SSSR count). The van der Waals surface area contributed by atoms with Crippen LogP contribution in [0.3, 0.4) is 0 Å². The van der Waals surface area contributed by atoms with Gasteiger partial charge in [0.2, 0.25) is 5.75 Å². The van der Waals surface area contributed by atoms with Crippen molar-refractivity contribution in [3.05, 3.63) is 40.6 Å². The molecule has 3 aromatic rings. The summed E-state index contributed by atoms with van der Waals surface area (Å²) < 4.78 is 69.4. The third kappa shape index (κ3) is 3.16. The van der Waals surface area contributed by atoms with E-state index in [-0.39, 0.29) is 5.56 Å². The van der Waals surface area contributed by atoms with E-state index in [0.29, 0.717) is 0 Å². The van der Waals surface area contributed by atoms with Crippen LogP contribution >= 0.6 is 0 Å². The summed E-state index contributed by atoms with van der Waals surface area (Å²) >= 11 is 0. The van der Waals surface area contributed by atoms with Crippen LogP contribution in [0.4, 0.5) is 0 Å². The molecule has 0 atom stereocenters. The number of fused-ring (bicyclic) bond motifs is 1. The molecule has 0 saturated carbocycles. The Bertz CT molecular complexity index is 1400. The predicted octanol–water partition coefficient (Wildman–Crippen LogP) is 1.07. The van der Waals surface area contributed by atoms with Crippen LogP contribution in [0, 0.1) is 0 Å². The molecule has 1 heterocycles. The van der Waals surface area contributed by atoms with E-state index < -0.39 is 69.4 Å². The Morgan fingerprint density at radius 2 is 1.46 bits per heavy atom. The van der Waals surface area contributed by atoms with E-state index in [0.717, 1.165) is 18.2 Å². The maximum atomic E-state index is 12.4. The van der Waals surface area contributed by atoms with Gasteiger partial charge in [-0.25, -0.2) is 0 Å². The van der Waals surface area contributed by atoms with Crippen LogP contribution < -0.4 is 5.43 Å². The number of hydrogen-bond donors (Lipinski definition) is 5. The molecule has 1 aromatic heterocycles. The van der Waals surface area contributed by atoms with Crippen LogP contribution in [0.2, 0.25) is 0 Å². The maximum Gasteiger partial charge on any atom is 0.302 e. The number of aromatic hydroxyl groups is 3. The van der Waals surface area contributed by atoms with Crippen molar-refractivity contribution in [2.75, 3.05) is 0 Å². The fourth-order valence-corrected chi connectivity index (χ4v) is 3.76. The SMILES string of the molecule is O=c1cc(-c2cccc(S(=O)(=O)O)c2)oc2c(S(=O)(=O)O)c(O)c(O)c(O)c12. The van der Waals surface area contributed by atoms with Crippen LogP contribution in [0.1, 0.15) is 0 Å². The van der Waals surface area contributed by atoms with Crippen molar-refractivity contribution in [2.45, 2.75) is 9.79 Å². The quantitative estimate of drug-likeness (QED) is 0.294. The molecule has 5 N–H and O–H groups in total.